The van der Waals surface area contributed by atoms with E-state index in [9.17, 15) is 9.59 Å². The van der Waals surface area contributed by atoms with Crippen LogP contribution < -0.4 is 0 Å². The number of alkyl halides is 1. The second-order valence-corrected chi connectivity index (χ2v) is 4.94. The average molecular weight is 375 g/mol. The molecule has 0 spiro atoms. The van der Waals surface area contributed by atoms with Crippen molar-refractivity contribution in [3.63, 3.8) is 0 Å². The van der Waals surface area contributed by atoms with E-state index in [1.165, 1.54) is 5.56 Å². The molecule has 1 aromatic rings. The van der Waals surface area contributed by atoms with E-state index in [4.69, 9.17) is 0 Å². The number of carbonyl (C=O) groups is 2. The van der Waals surface area contributed by atoms with E-state index in [0.717, 1.165) is 14.8 Å². The third-order valence-electron chi connectivity index (χ3n) is 2.33. The van der Waals surface area contributed by atoms with E-state index in [2.05, 4.69) is 50.8 Å². The van der Waals surface area contributed by atoms with Gasteiger partial charge in [-0.15, -0.1) is 0 Å². The van der Waals surface area contributed by atoms with Crippen molar-refractivity contribution < 1.29 is 9.59 Å². The Morgan fingerprint density at radius 3 is 2.00 bits per heavy atom. The molecule has 0 N–H and O–H groups in total. The number of imide groups is 1. The summed E-state index contributed by atoms with van der Waals surface area (Å²) in [5, 5.41) is 0.844. The summed E-state index contributed by atoms with van der Waals surface area (Å²) in [6.45, 7) is 3.90. The van der Waals surface area contributed by atoms with E-state index < -0.39 is 0 Å². The van der Waals surface area contributed by atoms with Gasteiger partial charge in [0.25, 0.3) is 0 Å². The van der Waals surface area contributed by atoms with E-state index in [1.807, 2.05) is 18.2 Å². The lowest BCUT2D eigenvalue weighted by Crippen LogP contribution is -2.16. The number of nitrogens with zero attached hydrogens (tertiary/aromatic N) is 1. The molecule has 0 unspecified atom stereocenters. The van der Waals surface area contributed by atoms with Crippen LogP contribution in [0.15, 0.2) is 36.9 Å². The van der Waals surface area contributed by atoms with E-state index in [1.54, 1.807) is 0 Å². The molecule has 0 saturated carbocycles. The minimum Gasteiger partial charge on any atom is -0.274 e. The number of carbonyl (C=O) groups excluding carboxylic acids is 2. The minimum atomic E-state index is -0.144. The van der Waals surface area contributed by atoms with E-state index in [0.29, 0.717) is 12.8 Å². The quantitative estimate of drug-likeness (QED) is 0.451. The fraction of sp³-hybridized carbons (Fsp3) is 0.231. The molecule has 5 heteroatoms. The van der Waals surface area contributed by atoms with Crippen molar-refractivity contribution in [3.05, 3.63) is 42.5 Å². The Kier molecular flexibility index (Phi) is 6.29. The van der Waals surface area contributed by atoms with Crippen molar-refractivity contribution in [1.82, 2.24) is 3.93 Å². The van der Waals surface area contributed by atoms with Gasteiger partial charge in [0.1, 0.15) is 0 Å². The summed E-state index contributed by atoms with van der Waals surface area (Å²) >= 11 is 6.16. The topological polar surface area (TPSA) is 37.4 Å². The van der Waals surface area contributed by atoms with Gasteiger partial charge in [0.2, 0.25) is 11.8 Å². The highest BCUT2D eigenvalue weighted by Crippen LogP contribution is 2.14. The van der Waals surface area contributed by atoms with Crippen LogP contribution in [0.1, 0.15) is 18.4 Å². The van der Waals surface area contributed by atoms with E-state index in [-0.39, 0.29) is 11.8 Å². The van der Waals surface area contributed by atoms with Crippen LogP contribution in [0.5, 0.6) is 0 Å². The van der Waals surface area contributed by atoms with Crippen molar-refractivity contribution in [2.24, 2.45) is 0 Å². The first-order valence-electron chi connectivity index (χ1n) is 5.37. The summed E-state index contributed by atoms with van der Waals surface area (Å²) in [5.41, 5.74) is 2.33. The van der Waals surface area contributed by atoms with Crippen molar-refractivity contribution in [3.8, 4) is 0 Å². The highest BCUT2D eigenvalue weighted by molar-refractivity contribution is 9.09. The molecule has 1 heterocycles. The summed E-state index contributed by atoms with van der Waals surface area (Å²) < 4.78 is 0.979. The molecule has 1 aromatic carbocycles. The normalized spacial score (nSPS) is 14.2. The van der Waals surface area contributed by atoms with Gasteiger partial charge in [-0.1, -0.05) is 52.8 Å². The number of hydrogen-bond donors (Lipinski definition) is 0. The predicted molar refractivity (Wildman–Crippen MR) is 79.3 cm³/mol. The van der Waals surface area contributed by atoms with Crippen LogP contribution in [0.2, 0.25) is 0 Å². The van der Waals surface area contributed by atoms with Crippen molar-refractivity contribution in [2.45, 2.75) is 12.8 Å². The van der Waals surface area contributed by atoms with Gasteiger partial charge in [0.15, 0.2) is 0 Å². The van der Waals surface area contributed by atoms with Gasteiger partial charge in [0.05, 0.1) is 16.1 Å². The Morgan fingerprint density at radius 1 is 1.17 bits per heavy atom. The summed E-state index contributed by atoms with van der Waals surface area (Å²) in [6.07, 6.45) is 0.703. The van der Waals surface area contributed by atoms with Crippen LogP contribution in [0.4, 0.5) is 0 Å². The maximum atomic E-state index is 10.4. The molecule has 0 aliphatic carbocycles. The number of benzene rings is 1. The molecule has 1 fully saturated rings. The van der Waals surface area contributed by atoms with E-state index >= 15 is 0 Å². The molecule has 2 amide bonds. The highest BCUT2D eigenvalue weighted by Gasteiger charge is 2.26. The zero-order valence-corrected chi connectivity index (χ0v) is 12.9. The van der Waals surface area contributed by atoms with Crippen molar-refractivity contribution >= 4 is 49.5 Å². The Morgan fingerprint density at radius 2 is 1.67 bits per heavy atom. The van der Waals surface area contributed by atoms with Gasteiger partial charge in [-0.25, -0.2) is 3.93 Å². The van der Waals surface area contributed by atoms with Gasteiger partial charge < -0.3 is 0 Å². The molecule has 1 aliphatic rings. The fourth-order valence-electron chi connectivity index (χ4n) is 1.30. The number of hydrogen-bond acceptors (Lipinski definition) is 2. The van der Waals surface area contributed by atoms with Crippen LogP contribution in [-0.2, 0) is 9.59 Å². The molecule has 0 atom stereocenters. The van der Waals surface area contributed by atoms with Crippen LogP contribution in [-0.4, -0.2) is 21.1 Å². The van der Waals surface area contributed by atoms with Crippen LogP contribution >= 0.6 is 32.1 Å². The maximum Gasteiger partial charge on any atom is 0.239 e. The third-order valence-corrected chi connectivity index (χ3v) is 3.80. The number of amides is 2. The molecular formula is C13H13Br2NO2. The number of rotatable bonds is 2. The zero-order chi connectivity index (χ0) is 13.5. The largest absolute Gasteiger partial charge is 0.274 e. The number of allylic oxidation sites excluding steroid dienone is 1. The summed E-state index contributed by atoms with van der Waals surface area (Å²) in [7, 11) is 0. The van der Waals surface area contributed by atoms with Crippen molar-refractivity contribution in [2.75, 3.05) is 5.33 Å². The monoisotopic (exact) mass is 373 g/mol. The summed E-state index contributed by atoms with van der Waals surface area (Å²) in [5.74, 6) is -0.287. The van der Waals surface area contributed by atoms with Crippen molar-refractivity contribution in [1.29, 1.82) is 0 Å². The minimum absolute atomic E-state index is 0.144. The van der Waals surface area contributed by atoms with Gasteiger partial charge in [-0.05, 0) is 11.1 Å². The fourth-order valence-corrected chi connectivity index (χ4v) is 1.98. The molecule has 1 aliphatic heterocycles. The zero-order valence-electron chi connectivity index (χ0n) is 9.73. The molecule has 1 saturated heterocycles. The molecule has 2 rings (SSSR count). The summed E-state index contributed by atoms with van der Waals surface area (Å²) in [4.78, 5) is 20.9. The molecule has 3 nitrogen and oxygen atoms in total. The lowest BCUT2D eigenvalue weighted by atomic mass is 10.1. The smallest absolute Gasteiger partial charge is 0.239 e. The first kappa shape index (κ1) is 15.1. The van der Waals surface area contributed by atoms with Gasteiger partial charge >= 0.3 is 0 Å². The Balaban J connectivity index is 0.000000184. The van der Waals surface area contributed by atoms with Gasteiger partial charge in [0, 0.05) is 18.2 Å². The lowest BCUT2D eigenvalue weighted by molar-refractivity contribution is -0.131. The van der Waals surface area contributed by atoms with Gasteiger partial charge in [-0.2, -0.15) is 0 Å². The highest BCUT2D eigenvalue weighted by atomic mass is 79.9. The Hall–Kier alpha value is -0.940. The number of halogens is 2. The first-order valence-corrected chi connectivity index (χ1v) is 7.20. The Bertz CT molecular complexity index is 430. The SMILES string of the molecule is C=C(CBr)c1ccccc1.O=C1CCC(=O)N1Br. The van der Waals surface area contributed by atoms with Crippen LogP contribution in [0, 0.1) is 0 Å². The molecule has 0 aromatic heterocycles. The second kappa shape index (κ2) is 7.48. The maximum absolute atomic E-state index is 10.4. The molecule has 0 bridgehead atoms. The third kappa shape index (κ3) is 4.38. The standard InChI is InChI=1S/C9H9Br.C4H4BrNO2/c1-8(7-10)9-5-3-2-4-6-9;5-6-3(7)1-2-4(6)8/h2-6H,1,7H2;1-2H2. The predicted octanol–water partition coefficient (Wildman–Crippen LogP) is 3.54. The molecule has 0 radical (unpaired) electrons. The van der Waals surface area contributed by atoms with Gasteiger partial charge in [-0.3, -0.25) is 9.59 Å². The molecule has 18 heavy (non-hydrogen) atoms. The molecule has 96 valence electrons. The van der Waals surface area contributed by atoms with Crippen LogP contribution in [0.3, 0.4) is 0 Å². The van der Waals surface area contributed by atoms with Crippen LogP contribution in [0.25, 0.3) is 5.57 Å². The average Bonchev–Trinajstić information content (AvgIpc) is 2.71. The lowest BCUT2D eigenvalue weighted by Gasteiger charge is -1.98. The second-order valence-electron chi connectivity index (χ2n) is 3.67. The first-order chi connectivity index (χ1) is 8.56. The summed E-state index contributed by atoms with van der Waals surface area (Å²) in [6, 6.07) is 10.2. The molecular weight excluding hydrogens is 362 g/mol. The Labute approximate surface area is 123 Å².